The highest BCUT2D eigenvalue weighted by Gasteiger charge is 2.17. The monoisotopic (exact) mass is 199 g/mol. The smallest absolute Gasteiger partial charge is 0.246 e. The Bertz CT molecular complexity index is 622. The zero-order valence-electron chi connectivity index (χ0n) is 8.03. The Kier molecular flexibility index (Phi) is 1.65. The lowest BCUT2D eigenvalue weighted by Gasteiger charge is -1.93. The number of nitrogens with one attached hydrogen (secondary N) is 1. The van der Waals surface area contributed by atoms with Crippen LogP contribution in [-0.2, 0) is 0 Å². The molecule has 1 fully saturated rings. The summed E-state index contributed by atoms with van der Waals surface area (Å²) >= 11 is 0. The second kappa shape index (κ2) is 2.99. The molecule has 0 saturated heterocycles. The van der Waals surface area contributed by atoms with Crippen molar-refractivity contribution in [3.8, 4) is 11.8 Å². The topological polar surface area (TPSA) is 50.2 Å². The molecule has 0 aromatic carbocycles. The molecule has 1 aliphatic rings. The molecule has 2 aromatic rings. The number of hydrogen-bond donors (Lipinski definition) is 1. The van der Waals surface area contributed by atoms with Crippen molar-refractivity contribution < 1.29 is 0 Å². The van der Waals surface area contributed by atoms with E-state index in [9.17, 15) is 4.79 Å². The van der Waals surface area contributed by atoms with Crippen LogP contribution < -0.4 is 5.69 Å². The highest BCUT2D eigenvalue weighted by molar-refractivity contribution is 5.43. The number of hydrogen-bond acceptors (Lipinski definition) is 2. The third kappa shape index (κ3) is 1.42. The first-order chi connectivity index (χ1) is 7.34. The fourth-order valence-corrected chi connectivity index (χ4v) is 1.45. The summed E-state index contributed by atoms with van der Waals surface area (Å²) in [6.07, 6.45) is 2.37. The van der Waals surface area contributed by atoms with E-state index in [-0.39, 0.29) is 5.69 Å². The van der Waals surface area contributed by atoms with Crippen LogP contribution in [0.25, 0.3) is 5.65 Å². The molecule has 3 rings (SSSR count). The number of pyridine rings is 1. The van der Waals surface area contributed by atoms with Gasteiger partial charge in [0.15, 0.2) is 5.65 Å². The average molecular weight is 199 g/mol. The van der Waals surface area contributed by atoms with Gasteiger partial charge in [-0.25, -0.2) is 14.3 Å². The largest absolute Gasteiger partial charge is 0.348 e. The molecular formula is C11H9N3O. The Labute approximate surface area is 85.9 Å². The molecule has 0 radical (unpaired) electrons. The normalized spacial score (nSPS) is 14.9. The Hall–Kier alpha value is -2.02. The first-order valence-corrected chi connectivity index (χ1v) is 4.92. The van der Waals surface area contributed by atoms with Crippen LogP contribution in [0.1, 0.15) is 18.5 Å². The summed E-state index contributed by atoms with van der Waals surface area (Å²) in [7, 11) is 0. The fraction of sp³-hybridized carbons (Fsp3) is 0.273. The minimum Gasteiger partial charge on any atom is -0.246 e. The molecule has 15 heavy (non-hydrogen) atoms. The third-order valence-corrected chi connectivity index (χ3v) is 2.42. The van der Waals surface area contributed by atoms with Crippen LogP contribution in [0.15, 0.2) is 23.0 Å². The van der Waals surface area contributed by atoms with Crippen LogP contribution in [0, 0.1) is 17.8 Å². The standard InChI is InChI=1S/C11H9N3O/c15-11-13-12-10-3-1-2-9(14(10)11)7-6-8-4-5-8/h1-3,8H,4-5H2,(H,13,15). The molecule has 0 spiro atoms. The van der Waals surface area contributed by atoms with Gasteiger partial charge in [0.05, 0.1) is 0 Å². The van der Waals surface area contributed by atoms with Gasteiger partial charge in [-0.3, -0.25) is 0 Å². The zero-order chi connectivity index (χ0) is 10.3. The van der Waals surface area contributed by atoms with Gasteiger partial charge >= 0.3 is 5.69 Å². The maximum atomic E-state index is 11.4. The van der Waals surface area contributed by atoms with Gasteiger partial charge in [-0.15, -0.1) is 0 Å². The molecule has 1 aliphatic carbocycles. The quantitative estimate of drug-likeness (QED) is 0.637. The van der Waals surface area contributed by atoms with Crippen molar-refractivity contribution in [3.05, 3.63) is 34.4 Å². The van der Waals surface area contributed by atoms with Crippen molar-refractivity contribution in [1.82, 2.24) is 14.6 Å². The van der Waals surface area contributed by atoms with E-state index in [2.05, 4.69) is 22.0 Å². The summed E-state index contributed by atoms with van der Waals surface area (Å²) in [5.41, 5.74) is 1.09. The van der Waals surface area contributed by atoms with E-state index in [1.165, 1.54) is 17.2 Å². The maximum absolute atomic E-state index is 11.4. The molecule has 0 bridgehead atoms. The van der Waals surface area contributed by atoms with Gasteiger partial charge in [0.25, 0.3) is 0 Å². The summed E-state index contributed by atoms with van der Waals surface area (Å²) in [6.45, 7) is 0. The molecule has 0 amide bonds. The number of fused-ring (bicyclic) bond motifs is 1. The van der Waals surface area contributed by atoms with Gasteiger partial charge in [0.1, 0.15) is 5.69 Å². The SMILES string of the molecule is O=c1[nH]nc2cccc(C#CC3CC3)n12. The van der Waals surface area contributed by atoms with Crippen molar-refractivity contribution in [3.63, 3.8) is 0 Å². The molecule has 2 heterocycles. The maximum Gasteiger partial charge on any atom is 0.348 e. The average Bonchev–Trinajstić information content (AvgIpc) is 3.00. The van der Waals surface area contributed by atoms with Crippen molar-refractivity contribution in [2.45, 2.75) is 12.8 Å². The van der Waals surface area contributed by atoms with Crippen molar-refractivity contribution in [1.29, 1.82) is 0 Å². The minimum absolute atomic E-state index is 0.231. The van der Waals surface area contributed by atoms with E-state index >= 15 is 0 Å². The molecule has 0 atom stereocenters. The summed E-state index contributed by atoms with van der Waals surface area (Å²) in [4.78, 5) is 11.4. The Morgan fingerprint density at radius 2 is 2.33 bits per heavy atom. The molecule has 1 N–H and O–H groups in total. The molecule has 4 heteroatoms. The van der Waals surface area contributed by atoms with Gasteiger partial charge in [0.2, 0.25) is 0 Å². The number of nitrogens with zero attached hydrogens (tertiary/aromatic N) is 2. The van der Waals surface area contributed by atoms with Gasteiger partial charge < -0.3 is 0 Å². The lowest BCUT2D eigenvalue weighted by Crippen LogP contribution is -2.11. The van der Waals surface area contributed by atoms with Crippen LogP contribution in [0.5, 0.6) is 0 Å². The van der Waals surface area contributed by atoms with E-state index in [0.717, 1.165) is 0 Å². The molecular weight excluding hydrogens is 190 g/mol. The van der Waals surface area contributed by atoms with Crippen LogP contribution in [-0.4, -0.2) is 14.6 Å². The highest BCUT2D eigenvalue weighted by atomic mass is 16.1. The predicted octanol–water partition coefficient (Wildman–Crippen LogP) is 0.784. The molecule has 4 nitrogen and oxygen atoms in total. The van der Waals surface area contributed by atoms with E-state index in [0.29, 0.717) is 17.3 Å². The highest BCUT2D eigenvalue weighted by Crippen LogP contribution is 2.27. The van der Waals surface area contributed by atoms with Crippen LogP contribution >= 0.6 is 0 Å². The Morgan fingerprint density at radius 1 is 1.47 bits per heavy atom. The predicted molar refractivity (Wildman–Crippen MR) is 55.4 cm³/mol. The minimum atomic E-state index is -0.231. The van der Waals surface area contributed by atoms with Gasteiger partial charge in [0, 0.05) is 5.92 Å². The first-order valence-electron chi connectivity index (χ1n) is 4.92. The van der Waals surface area contributed by atoms with Crippen LogP contribution in [0.4, 0.5) is 0 Å². The number of rotatable bonds is 0. The molecule has 74 valence electrons. The van der Waals surface area contributed by atoms with Crippen molar-refractivity contribution in [2.75, 3.05) is 0 Å². The second-order valence-electron chi connectivity index (χ2n) is 3.68. The van der Waals surface area contributed by atoms with E-state index in [1.54, 1.807) is 6.07 Å². The Balaban J connectivity index is 2.21. The first kappa shape index (κ1) is 8.30. The zero-order valence-corrected chi connectivity index (χ0v) is 8.03. The fourth-order valence-electron chi connectivity index (χ4n) is 1.45. The molecule has 2 aromatic heterocycles. The number of aromatic nitrogens is 3. The van der Waals surface area contributed by atoms with Crippen molar-refractivity contribution >= 4 is 5.65 Å². The number of aromatic amines is 1. The third-order valence-electron chi connectivity index (χ3n) is 2.42. The van der Waals surface area contributed by atoms with E-state index in [4.69, 9.17) is 0 Å². The van der Waals surface area contributed by atoms with Crippen LogP contribution in [0.2, 0.25) is 0 Å². The van der Waals surface area contributed by atoms with Gasteiger partial charge in [-0.05, 0) is 30.9 Å². The molecule has 0 unspecified atom stereocenters. The van der Waals surface area contributed by atoms with Crippen LogP contribution in [0.3, 0.4) is 0 Å². The van der Waals surface area contributed by atoms with Crippen molar-refractivity contribution in [2.24, 2.45) is 5.92 Å². The van der Waals surface area contributed by atoms with Gasteiger partial charge in [-0.1, -0.05) is 12.0 Å². The van der Waals surface area contributed by atoms with E-state index < -0.39 is 0 Å². The lowest BCUT2D eigenvalue weighted by atomic mass is 10.3. The molecule has 1 saturated carbocycles. The molecule has 0 aliphatic heterocycles. The lowest BCUT2D eigenvalue weighted by molar-refractivity contribution is 1.01. The summed E-state index contributed by atoms with van der Waals surface area (Å²) in [5, 5.41) is 6.29. The summed E-state index contributed by atoms with van der Waals surface area (Å²) in [5.74, 6) is 6.69. The van der Waals surface area contributed by atoms with Gasteiger partial charge in [-0.2, -0.15) is 5.10 Å². The Morgan fingerprint density at radius 3 is 3.13 bits per heavy atom. The van der Waals surface area contributed by atoms with E-state index in [1.807, 2.05) is 12.1 Å². The summed E-state index contributed by atoms with van der Waals surface area (Å²) < 4.78 is 1.50. The summed E-state index contributed by atoms with van der Waals surface area (Å²) in [6, 6.07) is 5.46. The number of H-pyrrole nitrogens is 1. The second-order valence-corrected chi connectivity index (χ2v) is 3.68.